The van der Waals surface area contributed by atoms with Gasteiger partial charge in [-0.25, -0.2) is 0 Å². The SMILES string of the molecule is COc1cccc(/C=C2\SC(=S)N(CCCC(=O)N3CCN(c4ccccc4)CC3)C2=O)c1. The number of piperazine rings is 1. The molecule has 0 aromatic heterocycles. The van der Waals surface area contributed by atoms with Crippen molar-refractivity contribution in [1.82, 2.24) is 9.80 Å². The number of rotatable bonds is 7. The maximum atomic E-state index is 12.8. The van der Waals surface area contributed by atoms with Gasteiger partial charge >= 0.3 is 0 Å². The summed E-state index contributed by atoms with van der Waals surface area (Å²) in [4.78, 5) is 32.0. The van der Waals surface area contributed by atoms with Crippen LogP contribution in [0.2, 0.25) is 0 Å². The van der Waals surface area contributed by atoms with Crippen molar-refractivity contribution in [3.8, 4) is 5.75 Å². The van der Waals surface area contributed by atoms with Crippen LogP contribution in [0.1, 0.15) is 18.4 Å². The maximum Gasteiger partial charge on any atom is 0.266 e. The van der Waals surface area contributed by atoms with Gasteiger partial charge < -0.3 is 14.5 Å². The molecule has 0 atom stereocenters. The van der Waals surface area contributed by atoms with E-state index in [-0.39, 0.29) is 11.8 Å². The number of anilines is 1. The standard InChI is InChI=1S/C25H27N3O3S2/c1-31-21-10-5-7-19(17-21)18-22-24(30)28(25(32)33-22)12-6-11-23(29)27-15-13-26(14-16-27)20-8-3-2-4-9-20/h2-5,7-10,17-18H,6,11-16H2,1H3/b22-18-. The smallest absolute Gasteiger partial charge is 0.266 e. The molecule has 2 aliphatic rings. The number of hydrogen-bond donors (Lipinski definition) is 0. The van der Waals surface area contributed by atoms with Crippen LogP contribution in [0.3, 0.4) is 0 Å². The van der Waals surface area contributed by atoms with Crippen LogP contribution < -0.4 is 9.64 Å². The fourth-order valence-corrected chi connectivity index (χ4v) is 5.28. The molecule has 0 aliphatic carbocycles. The lowest BCUT2D eigenvalue weighted by Gasteiger charge is -2.36. The van der Waals surface area contributed by atoms with Crippen LogP contribution in [0.4, 0.5) is 5.69 Å². The van der Waals surface area contributed by atoms with E-state index in [2.05, 4.69) is 17.0 Å². The van der Waals surface area contributed by atoms with Gasteiger partial charge in [0.2, 0.25) is 5.91 Å². The van der Waals surface area contributed by atoms with Crippen LogP contribution in [0.5, 0.6) is 5.75 Å². The summed E-state index contributed by atoms with van der Waals surface area (Å²) in [5.41, 5.74) is 2.08. The number of carbonyl (C=O) groups excluding carboxylic acids is 2. The quantitative estimate of drug-likeness (QED) is 0.440. The Morgan fingerprint density at radius 2 is 1.85 bits per heavy atom. The van der Waals surface area contributed by atoms with Gasteiger partial charge in [0.05, 0.1) is 12.0 Å². The number of amides is 2. The van der Waals surface area contributed by atoms with Crippen molar-refractivity contribution >= 4 is 51.9 Å². The molecule has 0 bridgehead atoms. The molecule has 0 spiro atoms. The first-order valence-corrected chi connectivity index (χ1v) is 12.2. The van der Waals surface area contributed by atoms with E-state index < -0.39 is 0 Å². The number of ether oxygens (including phenoxy) is 1. The van der Waals surface area contributed by atoms with Crippen molar-refractivity contribution in [3.05, 3.63) is 65.1 Å². The van der Waals surface area contributed by atoms with E-state index in [4.69, 9.17) is 17.0 Å². The van der Waals surface area contributed by atoms with Crippen LogP contribution in [0, 0.1) is 0 Å². The second-order valence-corrected chi connectivity index (χ2v) is 9.59. The minimum absolute atomic E-state index is 0.100. The highest BCUT2D eigenvalue weighted by Crippen LogP contribution is 2.33. The minimum Gasteiger partial charge on any atom is -0.497 e. The minimum atomic E-state index is -0.100. The van der Waals surface area contributed by atoms with Gasteiger partial charge in [0, 0.05) is 44.8 Å². The van der Waals surface area contributed by atoms with E-state index in [1.54, 1.807) is 12.0 Å². The van der Waals surface area contributed by atoms with Crippen molar-refractivity contribution in [2.75, 3.05) is 44.7 Å². The van der Waals surface area contributed by atoms with Gasteiger partial charge in [0.15, 0.2) is 0 Å². The molecule has 4 rings (SSSR count). The second-order valence-electron chi connectivity index (χ2n) is 7.92. The van der Waals surface area contributed by atoms with Gasteiger partial charge in [-0.1, -0.05) is 54.3 Å². The average molecular weight is 482 g/mol. The molecule has 172 valence electrons. The third kappa shape index (κ3) is 5.75. The summed E-state index contributed by atoms with van der Waals surface area (Å²) in [5.74, 6) is 0.777. The van der Waals surface area contributed by atoms with Gasteiger partial charge in [-0.3, -0.25) is 14.5 Å². The molecule has 8 heteroatoms. The van der Waals surface area contributed by atoms with E-state index in [0.717, 1.165) is 37.5 Å². The van der Waals surface area contributed by atoms with Crippen LogP contribution in [-0.2, 0) is 9.59 Å². The Kier molecular flexibility index (Phi) is 7.67. The summed E-state index contributed by atoms with van der Waals surface area (Å²) in [5, 5.41) is 0. The lowest BCUT2D eigenvalue weighted by molar-refractivity contribution is -0.132. The van der Waals surface area contributed by atoms with E-state index in [0.29, 0.717) is 28.6 Å². The molecule has 2 fully saturated rings. The number of methoxy groups -OCH3 is 1. The molecule has 2 amide bonds. The summed E-state index contributed by atoms with van der Waals surface area (Å²) in [6.45, 7) is 3.56. The predicted octanol–water partition coefficient (Wildman–Crippen LogP) is 4.03. The highest BCUT2D eigenvalue weighted by atomic mass is 32.2. The fraction of sp³-hybridized carbons (Fsp3) is 0.320. The molecular formula is C25H27N3O3S2. The summed E-state index contributed by atoms with van der Waals surface area (Å²) in [7, 11) is 1.61. The molecule has 0 radical (unpaired) electrons. The summed E-state index contributed by atoms with van der Waals surface area (Å²) in [6.07, 6.45) is 2.84. The summed E-state index contributed by atoms with van der Waals surface area (Å²) >= 11 is 6.73. The first-order valence-electron chi connectivity index (χ1n) is 11.0. The number of carbonyl (C=O) groups is 2. The molecule has 0 unspecified atom stereocenters. The molecule has 2 aliphatic heterocycles. The first kappa shape index (κ1) is 23.3. The molecule has 2 saturated heterocycles. The largest absolute Gasteiger partial charge is 0.497 e. The van der Waals surface area contributed by atoms with Crippen molar-refractivity contribution < 1.29 is 14.3 Å². The molecule has 0 N–H and O–H groups in total. The molecule has 0 saturated carbocycles. The zero-order chi connectivity index (χ0) is 23.2. The lowest BCUT2D eigenvalue weighted by Crippen LogP contribution is -2.48. The van der Waals surface area contributed by atoms with Gasteiger partial charge in [-0.15, -0.1) is 0 Å². The number of nitrogens with zero attached hydrogens (tertiary/aromatic N) is 3. The number of benzene rings is 2. The maximum absolute atomic E-state index is 12.8. The molecule has 2 aromatic rings. The summed E-state index contributed by atoms with van der Waals surface area (Å²) < 4.78 is 5.79. The molecule has 6 nitrogen and oxygen atoms in total. The lowest BCUT2D eigenvalue weighted by atomic mass is 10.2. The zero-order valence-electron chi connectivity index (χ0n) is 18.6. The highest BCUT2D eigenvalue weighted by molar-refractivity contribution is 8.26. The third-order valence-electron chi connectivity index (χ3n) is 5.79. The Labute approximate surface area is 204 Å². The number of thioether (sulfide) groups is 1. The summed E-state index contributed by atoms with van der Waals surface area (Å²) in [6, 6.07) is 17.8. The third-order valence-corrected chi connectivity index (χ3v) is 7.17. The highest BCUT2D eigenvalue weighted by Gasteiger charge is 2.32. The van der Waals surface area contributed by atoms with E-state index in [1.165, 1.54) is 17.4 Å². The van der Waals surface area contributed by atoms with Crippen molar-refractivity contribution in [2.45, 2.75) is 12.8 Å². The molecular weight excluding hydrogens is 454 g/mol. The van der Waals surface area contributed by atoms with Crippen molar-refractivity contribution in [2.24, 2.45) is 0 Å². The number of hydrogen-bond acceptors (Lipinski definition) is 6. The van der Waals surface area contributed by atoms with E-state index >= 15 is 0 Å². The first-order chi connectivity index (χ1) is 16.0. The second kappa shape index (κ2) is 10.9. The Morgan fingerprint density at radius 1 is 1.09 bits per heavy atom. The van der Waals surface area contributed by atoms with Gasteiger partial charge in [0.25, 0.3) is 5.91 Å². The van der Waals surface area contributed by atoms with Gasteiger partial charge in [-0.05, 0) is 42.3 Å². The monoisotopic (exact) mass is 481 g/mol. The Hall–Kier alpha value is -2.84. The van der Waals surface area contributed by atoms with E-state index in [9.17, 15) is 9.59 Å². The van der Waals surface area contributed by atoms with Crippen LogP contribution in [-0.4, -0.2) is 65.8 Å². The van der Waals surface area contributed by atoms with Gasteiger partial charge in [-0.2, -0.15) is 0 Å². The number of thiocarbonyl (C=S) groups is 1. The predicted molar refractivity (Wildman–Crippen MR) is 137 cm³/mol. The average Bonchev–Trinajstić information content (AvgIpc) is 3.12. The molecule has 33 heavy (non-hydrogen) atoms. The zero-order valence-corrected chi connectivity index (χ0v) is 20.2. The Bertz CT molecular complexity index is 1050. The van der Waals surface area contributed by atoms with Crippen LogP contribution in [0.15, 0.2) is 59.5 Å². The van der Waals surface area contributed by atoms with E-state index in [1.807, 2.05) is 53.4 Å². The Morgan fingerprint density at radius 3 is 2.58 bits per heavy atom. The number of para-hydroxylation sites is 1. The topological polar surface area (TPSA) is 53.1 Å². The van der Waals surface area contributed by atoms with Crippen LogP contribution in [0.25, 0.3) is 6.08 Å². The van der Waals surface area contributed by atoms with Crippen molar-refractivity contribution in [3.63, 3.8) is 0 Å². The van der Waals surface area contributed by atoms with Crippen molar-refractivity contribution in [1.29, 1.82) is 0 Å². The normalized spacial score (nSPS) is 17.7. The fourth-order valence-electron chi connectivity index (χ4n) is 3.97. The van der Waals surface area contributed by atoms with Crippen LogP contribution >= 0.6 is 24.0 Å². The van der Waals surface area contributed by atoms with Gasteiger partial charge in [0.1, 0.15) is 10.1 Å². The Balaban J connectivity index is 1.25. The molecule has 2 aromatic carbocycles. The molecule has 2 heterocycles.